The quantitative estimate of drug-likeness (QED) is 0.301. The topological polar surface area (TPSA) is 94.4 Å². The molecule has 2 heterocycles. The maximum atomic E-state index is 13.5. The number of rotatable bonds is 7. The van der Waals surface area contributed by atoms with Crippen molar-refractivity contribution >= 4 is 35.2 Å². The van der Waals surface area contributed by atoms with E-state index in [2.05, 4.69) is 4.98 Å². The Hall–Kier alpha value is -4.17. The van der Waals surface area contributed by atoms with E-state index in [1.807, 2.05) is 6.92 Å². The van der Waals surface area contributed by atoms with Gasteiger partial charge in [-0.25, -0.2) is 9.88 Å². The molecule has 0 N–H and O–H groups in total. The summed E-state index contributed by atoms with van der Waals surface area (Å²) >= 11 is 0.688. The van der Waals surface area contributed by atoms with Crippen LogP contribution in [0.3, 0.4) is 0 Å². The number of aromatic nitrogens is 1. The van der Waals surface area contributed by atoms with Gasteiger partial charge in [0.2, 0.25) is 11.8 Å². The fourth-order valence-electron chi connectivity index (χ4n) is 4.27. The second kappa shape index (κ2) is 11.3. The van der Waals surface area contributed by atoms with Crippen molar-refractivity contribution in [3.63, 3.8) is 0 Å². The molecule has 3 amide bonds. The van der Waals surface area contributed by atoms with Crippen molar-refractivity contribution in [2.75, 3.05) is 10.7 Å². The average molecular weight is 553 g/mol. The molecular formula is C28H23F3N4O3S. The van der Waals surface area contributed by atoms with Crippen LogP contribution in [0.15, 0.2) is 65.7 Å². The van der Waals surface area contributed by atoms with E-state index in [4.69, 9.17) is 0 Å². The highest BCUT2D eigenvalue weighted by atomic mass is 32.2. The number of carbonyl (C=O) groups excluding carboxylic acids is 3. The first-order chi connectivity index (χ1) is 18.5. The number of amides is 3. The van der Waals surface area contributed by atoms with E-state index >= 15 is 0 Å². The maximum absolute atomic E-state index is 13.5. The summed E-state index contributed by atoms with van der Waals surface area (Å²) in [6.45, 7) is 3.24. The fraction of sp³-hybridized carbons (Fsp3) is 0.250. The van der Waals surface area contributed by atoms with E-state index < -0.39 is 46.8 Å². The van der Waals surface area contributed by atoms with Crippen molar-refractivity contribution < 1.29 is 27.6 Å². The van der Waals surface area contributed by atoms with Crippen LogP contribution in [-0.4, -0.2) is 39.4 Å². The third-order valence-electron chi connectivity index (χ3n) is 6.17. The summed E-state index contributed by atoms with van der Waals surface area (Å²) in [6, 6.07) is 16.9. The van der Waals surface area contributed by atoms with Crippen LogP contribution in [0.4, 0.5) is 18.9 Å². The Bertz CT molecular complexity index is 1450. The lowest BCUT2D eigenvalue weighted by atomic mass is 10.1. The number of aryl methyl sites for hydroxylation is 2. The van der Waals surface area contributed by atoms with Crippen LogP contribution >= 0.6 is 11.8 Å². The Balaban J connectivity index is 1.63. The summed E-state index contributed by atoms with van der Waals surface area (Å²) in [5.41, 5.74) is 0.291. The first-order valence-corrected chi connectivity index (χ1v) is 12.9. The molecule has 0 unspecified atom stereocenters. The van der Waals surface area contributed by atoms with Gasteiger partial charge in [-0.15, -0.1) is 0 Å². The number of carbonyl (C=O) groups is 3. The molecule has 7 nitrogen and oxygen atoms in total. The van der Waals surface area contributed by atoms with Gasteiger partial charge in [0.25, 0.3) is 5.91 Å². The van der Waals surface area contributed by atoms with Gasteiger partial charge in [-0.1, -0.05) is 59.8 Å². The minimum Gasteiger partial charge on any atom is -0.325 e. The van der Waals surface area contributed by atoms with E-state index in [9.17, 15) is 32.8 Å². The molecule has 39 heavy (non-hydrogen) atoms. The molecule has 1 aliphatic rings. The Morgan fingerprint density at radius 2 is 1.79 bits per heavy atom. The van der Waals surface area contributed by atoms with Gasteiger partial charge in [0.05, 0.1) is 29.0 Å². The average Bonchev–Trinajstić information content (AvgIpc) is 3.19. The van der Waals surface area contributed by atoms with Gasteiger partial charge < -0.3 is 4.90 Å². The number of alkyl halides is 3. The SMILES string of the molecule is Cc1ccc(N2C(=O)C[C@H](N(Cc3ccccc3)C(=O)CSc3nc(C)cc(C(F)(F)F)c3C#N)C2=O)cc1. The zero-order chi connectivity index (χ0) is 28.3. The van der Waals surface area contributed by atoms with Gasteiger partial charge in [0.15, 0.2) is 0 Å². The van der Waals surface area contributed by atoms with Gasteiger partial charge >= 0.3 is 6.18 Å². The minimum absolute atomic E-state index is 0.00577. The van der Waals surface area contributed by atoms with Crippen molar-refractivity contribution in [3.8, 4) is 6.07 Å². The monoisotopic (exact) mass is 552 g/mol. The molecule has 0 spiro atoms. The Labute approximate surface area is 227 Å². The van der Waals surface area contributed by atoms with E-state index in [-0.39, 0.29) is 23.7 Å². The van der Waals surface area contributed by atoms with Crippen LogP contribution in [0.1, 0.15) is 34.4 Å². The summed E-state index contributed by atoms with van der Waals surface area (Å²) in [4.78, 5) is 46.2. The van der Waals surface area contributed by atoms with Crippen molar-refractivity contribution in [3.05, 3.63) is 88.6 Å². The highest BCUT2D eigenvalue weighted by Crippen LogP contribution is 2.36. The molecule has 200 valence electrons. The van der Waals surface area contributed by atoms with Gasteiger partial charge in [-0.3, -0.25) is 14.4 Å². The molecule has 2 aromatic carbocycles. The predicted molar refractivity (Wildman–Crippen MR) is 138 cm³/mol. The van der Waals surface area contributed by atoms with Crippen LogP contribution in [-0.2, 0) is 27.1 Å². The summed E-state index contributed by atoms with van der Waals surface area (Å²) in [6.07, 6.45) is -5.01. The van der Waals surface area contributed by atoms with E-state index in [1.165, 1.54) is 11.8 Å². The maximum Gasteiger partial charge on any atom is 0.417 e. The molecule has 1 saturated heterocycles. The van der Waals surface area contributed by atoms with Crippen molar-refractivity contribution in [2.24, 2.45) is 0 Å². The number of halogens is 3. The largest absolute Gasteiger partial charge is 0.417 e. The standard InChI is InChI=1S/C28H23F3N4O3S/c1-17-8-10-20(11-9-17)35-24(36)13-23(27(35)38)34(15-19-6-4-3-5-7-19)25(37)16-39-26-21(14-32)22(28(29,30)31)12-18(2)33-26/h3-12,23H,13,15-16H2,1-2H3/t23-/m0/s1. The number of thioether (sulfide) groups is 1. The molecule has 1 aliphatic heterocycles. The summed E-state index contributed by atoms with van der Waals surface area (Å²) < 4.78 is 40.5. The predicted octanol–water partition coefficient (Wildman–Crippen LogP) is 5.04. The second-order valence-electron chi connectivity index (χ2n) is 9.02. The zero-order valence-electron chi connectivity index (χ0n) is 21.0. The van der Waals surface area contributed by atoms with Gasteiger partial charge in [0, 0.05) is 12.2 Å². The number of benzene rings is 2. The van der Waals surface area contributed by atoms with Gasteiger partial charge in [-0.05, 0) is 37.6 Å². The lowest BCUT2D eigenvalue weighted by Gasteiger charge is -2.28. The molecular weight excluding hydrogens is 529 g/mol. The smallest absolute Gasteiger partial charge is 0.325 e. The normalized spacial score (nSPS) is 15.4. The van der Waals surface area contributed by atoms with Gasteiger partial charge in [0.1, 0.15) is 17.1 Å². The van der Waals surface area contributed by atoms with E-state index in [1.54, 1.807) is 60.7 Å². The van der Waals surface area contributed by atoms with E-state index in [0.717, 1.165) is 16.5 Å². The first kappa shape index (κ1) is 27.9. The molecule has 1 aromatic heterocycles. The number of nitriles is 1. The Morgan fingerprint density at radius 1 is 1.13 bits per heavy atom. The van der Waals surface area contributed by atoms with Crippen molar-refractivity contribution in [1.82, 2.24) is 9.88 Å². The number of anilines is 1. The molecule has 1 fully saturated rings. The molecule has 0 saturated carbocycles. The zero-order valence-corrected chi connectivity index (χ0v) is 21.8. The second-order valence-corrected chi connectivity index (χ2v) is 9.98. The fourth-order valence-corrected chi connectivity index (χ4v) is 5.20. The summed E-state index contributed by atoms with van der Waals surface area (Å²) in [7, 11) is 0. The number of pyridine rings is 1. The number of nitrogens with zero attached hydrogens (tertiary/aromatic N) is 4. The van der Waals surface area contributed by atoms with Crippen LogP contribution in [0.25, 0.3) is 0 Å². The van der Waals surface area contributed by atoms with E-state index in [0.29, 0.717) is 23.0 Å². The first-order valence-electron chi connectivity index (χ1n) is 11.9. The molecule has 4 rings (SSSR count). The third-order valence-corrected chi connectivity index (χ3v) is 7.13. The van der Waals surface area contributed by atoms with Crippen LogP contribution in [0.2, 0.25) is 0 Å². The Morgan fingerprint density at radius 3 is 2.41 bits per heavy atom. The summed E-state index contributed by atoms with van der Waals surface area (Å²) in [5.74, 6) is -2.00. The molecule has 3 aromatic rings. The van der Waals surface area contributed by atoms with Crippen LogP contribution in [0, 0.1) is 25.2 Å². The molecule has 0 radical (unpaired) electrons. The molecule has 0 aliphatic carbocycles. The highest BCUT2D eigenvalue weighted by molar-refractivity contribution is 8.00. The third kappa shape index (κ3) is 6.12. The van der Waals surface area contributed by atoms with Crippen molar-refractivity contribution in [1.29, 1.82) is 5.26 Å². The van der Waals surface area contributed by atoms with Crippen LogP contribution in [0.5, 0.6) is 0 Å². The summed E-state index contributed by atoms with van der Waals surface area (Å²) in [5, 5.41) is 9.20. The number of imide groups is 1. The molecule has 1 atom stereocenters. The highest BCUT2D eigenvalue weighted by Gasteiger charge is 2.44. The van der Waals surface area contributed by atoms with Crippen LogP contribution < -0.4 is 4.90 Å². The lowest BCUT2D eigenvalue weighted by molar-refractivity contribution is -0.138. The Kier molecular flexibility index (Phi) is 8.06. The molecule has 0 bridgehead atoms. The lowest BCUT2D eigenvalue weighted by Crippen LogP contribution is -2.45. The van der Waals surface area contributed by atoms with Crippen molar-refractivity contribution in [2.45, 2.75) is 44.1 Å². The van der Waals surface area contributed by atoms with Gasteiger partial charge in [-0.2, -0.15) is 18.4 Å². The number of hydrogen-bond donors (Lipinski definition) is 0. The number of hydrogen-bond acceptors (Lipinski definition) is 6. The molecule has 11 heteroatoms. The minimum atomic E-state index is -4.77.